The standard InChI is InChI=1S/C17H24N2O2/c1-19(11-8-13-6-9-18-10-7-13)17(20)16-12-14-4-2-3-5-15(14)21-16/h2-5,13,16,18H,6-12H2,1H3. The number of piperidine rings is 1. The van der Waals surface area contributed by atoms with E-state index in [1.165, 1.54) is 12.8 Å². The molecule has 1 aromatic rings. The SMILES string of the molecule is CN(CCC1CCNCC1)C(=O)C1Cc2ccccc2O1. The van der Waals surface area contributed by atoms with Crippen molar-refractivity contribution < 1.29 is 9.53 Å². The summed E-state index contributed by atoms with van der Waals surface area (Å²) < 4.78 is 5.78. The molecule has 4 heteroatoms. The molecule has 0 bridgehead atoms. The Kier molecular flexibility index (Phi) is 4.44. The van der Waals surface area contributed by atoms with Gasteiger partial charge in [0.15, 0.2) is 6.10 Å². The first-order valence-electron chi connectivity index (χ1n) is 7.94. The third kappa shape index (κ3) is 3.38. The summed E-state index contributed by atoms with van der Waals surface area (Å²) in [4.78, 5) is 14.3. The molecule has 1 aromatic carbocycles. The van der Waals surface area contributed by atoms with E-state index < -0.39 is 0 Å². The maximum atomic E-state index is 12.5. The van der Waals surface area contributed by atoms with Crippen molar-refractivity contribution in [2.75, 3.05) is 26.7 Å². The molecule has 1 amide bonds. The maximum Gasteiger partial charge on any atom is 0.263 e. The number of nitrogens with one attached hydrogen (secondary N) is 1. The van der Waals surface area contributed by atoms with Gasteiger partial charge in [-0.3, -0.25) is 4.79 Å². The minimum atomic E-state index is -0.333. The zero-order valence-electron chi connectivity index (χ0n) is 12.7. The van der Waals surface area contributed by atoms with Crippen LogP contribution in [-0.4, -0.2) is 43.6 Å². The summed E-state index contributed by atoms with van der Waals surface area (Å²) in [6, 6.07) is 7.93. The summed E-state index contributed by atoms with van der Waals surface area (Å²) in [5.74, 6) is 1.73. The number of carbonyl (C=O) groups excluding carboxylic acids is 1. The number of likely N-dealkylation sites (N-methyl/N-ethyl adjacent to an activating group) is 1. The largest absolute Gasteiger partial charge is 0.480 e. The number of hydrogen-bond acceptors (Lipinski definition) is 3. The molecular formula is C17H24N2O2. The summed E-state index contributed by atoms with van der Waals surface area (Å²) in [6.45, 7) is 3.06. The molecule has 2 aliphatic heterocycles. The van der Waals surface area contributed by atoms with Gasteiger partial charge in [0.1, 0.15) is 5.75 Å². The van der Waals surface area contributed by atoms with Crippen LogP contribution < -0.4 is 10.1 Å². The van der Waals surface area contributed by atoms with Gasteiger partial charge in [0.2, 0.25) is 0 Å². The first-order valence-corrected chi connectivity index (χ1v) is 7.94. The second kappa shape index (κ2) is 6.48. The van der Waals surface area contributed by atoms with E-state index in [0.717, 1.165) is 43.3 Å². The molecule has 0 aliphatic carbocycles. The summed E-state index contributed by atoms with van der Waals surface area (Å²) in [7, 11) is 1.90. The molecular weight excluding hydrogens is 264 g/mol. The molecule has 1 fully saturated rings. The summed E-state index contributed by atoms with van der Waals surface area (Å²) in [5.41, 5.74) is 1.14. The average Bonchev–Trinajstić information content (AvgIpc) is 2.97. The van der Waals surface area contributed by atoms with Gasteiger partial charge in [-0.05, 0) is 49.9 Å². The molecule has 21 heavy (non-hydrogen) atoms. The van der Waals surface area contributed by atoms with Gasteiger partial charge in [0, 0.05) is 20.0 Å². The Labute approximate surface area is 126 Å². The number of fused-ring (bicyclic) bond motifs is 1. The van der Waals surface area contributed by atoms with E-state index in [9.17, 15) is 4.79 Å². The van der Waals surface area contributed by atoms with Crippen molar-refractivity contribution in [3.05, 3.63) is 29.8 Å². The lowest BCUT2D eigenvalue weighted by molar-refractivity contribution is -0.136. The zero-order chi connectivity index (χ0) is 14.7. The quantitative estimate of drug-likeness (QED) is 0.919. The van der Waals surface area contributed by atoms with Crippen LogP contribution >= 0.6 is 0 Å². The number of amides is 1. The maximum absolute atomic E-state index is 12.5. The Morgan fingerprint density at radius 2 is 2.10 bits per heavy atom. The van der Waals surface area contributed by atoms with Gasteiger partial charge >= 0.3 is 0 Å². The minimum absolute atomic E-state index is 0.111. The second-order valence-corrected chi connectivity index (χ2v) is 6.16. The van der Waals surface area contributed by atoms with Gasteiger partial charge in [0.25, 0.3) is 5.91 Å². The molecule has 1 atom stereocenters. The number of rotatable bonds is 4. The Morgan fingerprint density at radius 3 is 2.86 bits per heavy atom. The highest BCUT2D eigenvalue weighted by Gasteiger charge is 2.31. The van der Waals surface area contributed by atoms with Crippen molar-refractivity contribution >= 4 is 5.91 Å². The highest BCUT2D eigenvalue weighted by atomic mass is 16.5. The van der Waals surface area contributed by atoms with Crippen molar-refractivity contribution in [1.82, 2.24) is 10.2 Å². The summed E-state index contributed by atoms with van der Waals surface area (Å²) in [5, 5.41) is 3.38. The van der Waals surface area contributed by atoms with Crippen LogP contribution in [0.15, 0.2) is 24.3 Å². The average molecular weight is 288 g/mol. The lowest BCUT2D eigenvalue weighted by Crippen LogP contribution is -2.40. The number of ether oxygens (including phenoxy) is 1. The number of hydrogen-bond donors (Lipinski definition) is 1. The summed E-state index contributed by atoms with van der Waals surface area (Å²) in [6.07, 6.45) is 3.93. The fraction of sp³-hybridized carbons (Fsp3) is 0.588. The molecule has 1 N–H and O–H groups in total. The van der Waals surface area contributed by atoms with Crippen LogP contribution in [0.2, 0.25) is 0 Å². The number of carbonyl (C=O) groups is 1. The highest BCUT2D eigenvalue weighted by molar-refractivity contribution is 5.82. The van der Waals surface area contributed by atoms with Crippen LogP contribution in [0.4, 0.5) is 0 Å². The van der Waals surface area contributed by atoms with Gasteiger partial charge in [-0.2, -0.15) is 0 Å². The predicted molar refractivity (Wildman–Crippen MR) is 82.4 cm³/mol. The minimum Gasteiger partial charge on any atom is -0.480 e. The molecule has 0 aromatic heterocycles. The molecule has 3 rings (SSSR count). The van der Waals surface area contributed by atoms with E-state index in [0.29, 0.717) is 6.42 Å². The van der Waals surface area contributed by atoms with Crippen molar-refractivity contribution in [3.63, 3.8) is 0 Å². The van der Waals surface area contributed by atoms with Crippen molar-refractivity contribution in [3.8, 4) is 5.75 Å². The monoisotopic (exact) mass is 288 g/mol. The molecule has 114 valence electrons. The Morgan fingerprint density at radius 1 is 1.33 bits per heavy atom. The van der Waals surface area contributed by atoms with E-state index in [1.807, 2.05) is 36.2 Å². The Hall–Kier alpha value is -1.55. The second-order valence-electron chi connectivity index (χ2n) is 6.16. The van der Waals surface area contributed by atoms with Gasteiger partial charge in [-0.15, -0.1) is 0 Å². The van der Waals surface area contributed by atoms with Crippen molar-refractivity contribution in [1.29, 1.82) is 0 Å². The van der Waals surface area contributed by atoms with Crippen molar-refractivity contribution in [2.24, 2.45) is 5.92 Å². The van der Waals surface area contributed by atoms with Crippen molar-refractivity contribution in [2.45, 2.75) is 31.8 Å². The van der Waals surface area contributed by atoms with Crippen LogP contribution in [0.25, 0.3) is 0 Å². The van der Waals surface area contributed by atoms with E-state index in [1.54, 1.807) is 0 Å². The fourth-order valence-corrected chi connectivity index (χ4v) is 3.22. The molecule has 0 spiro atoms. The zero-order valence-corrected chi connectivity index (χ0v) is 12.7. The van der Waals surface area contributed by atoms with E-state index in [-0.39, 0.29) is 12.0 Å². The van der Waals surface area contributed by atoms with Gasteiger partial charge in [0.05, 0.1) is 0 Å². The molecule has 4 nitrogen and oxygen atoms in total. The van der Waals surface area contributed by atoms with Crippen LogP contribution in [0, 0.1) is 5.92 Å². The Bertz CT molecular complexity index is 472. The molecule has 2 heterocycles. The summed E-state index contributed by atoms with van der Waals surface area (Å²) >= 11 is 0. The number of benzene rings is 1. The smallest absolute Gasteiger partial charge is 0.263 e. The van der Waals surface area contributed by atoms with Crippen LogP contribution in [0.1, 0.15) is 24.8 Å². The fourth-order valence-electron chi connectivity index (χ4n) is 3.22. The van der Waals surface area contributed by atoms with Crippen LogP contribution in [-0.2, 0) is 11.2 Å². The number of nitrogens with zero attached hydrogens (tertiary/aromatic N) is 1. The van der Waals surface area contributed by atoms with Gasteiger partial charge in [-0.1, -0.05) is 18.2 Å². The number of para-hydroxylation sites is 1. The van der Waals surface area contributed by atoms with Crippen LogP contribution in [0.3, 0.4) is 0 Å². The predicted octanol–water partition coefficient (Wildman–Crippen LogP) is 1.84. The lowest BCUT2D eigenvalue weighted by atomic mass is 9.94. The third-order valence-electron chi connectivity index (χ3n) is 4.63. The topological polar surface area (TPSA) is 41.6 Å². The van der Waals surface area contributed by atoms with Crippen LogP contribution in [0.5, 0.6) is 5.75 Å². The molecule has 1 unspecified atom stereocenters. The molecule has 0 radical (unpaired) electrons. The molecule has 1 saturated heterocycles. The van der Waals surface area contributed by atoms with E-state index in [2.05, 4.69) is 5.32 Å². The third-order valence-corrected chi connectivity index (χ3v) is 4.63. The highest BCUT2D eigenvalue weighted by Crippen LogP contribution is 2.29. The van der Waals surface area contributed by atoms with Gasteiger partial charge < -0.3 is 15.0 Å². The Balaban J connectivity index is 1.49. The lowest BCUT2D eigenvalue weighted by Gasteiger charge is -2.26. The molecule has 0 saturated carbocycles. The normalized spacial score (nSPS) is 21.7. The first-order chi connectivity index (χ1) is 10.2. The van der Waals surface area contributed by atoms with Gasteiger partial charge in [-0.25, -0.2) is 0 Å². The van der Waals surface area contributed by atoms with E-state index in [4.69, 9.17) is 4.74 Å². The first kappa shape index (κ1) is 14.4. The molecule has 2 aliphatic rings. The van der Waals surface area contributed by atoms with E-state index >= 15 is 0 Å².